The van der Waals surface area contributed by atoms with Crippen molar-refractivity contribution < 1.29 is 26.7 Å². The Hall–Kier alpha value is -2.12. The number of aromatic nitrogens is 2. The van der Waals surface area contributed by atoms with Gasteiger partial charge in [0.05, 0.1) is 13.1 Å². The van der Waals surface area contributed by atoms with Crippen molar-refractivity contribution in [3.05, 3.63) is 47.5 Å². The third-order valence-corrected chi connectivity index (χ3v) is 3.74. The first kappa shape index (κ1) is 25.9. The first-order chi connectivity index (χ1) is 13.7. The molecule has 0 unspecified atom stereocenters. The number of aliphatic imine (C=N–C) groups is 1. The zero-order valence-corrected chi connectivity index (χ0v) is 18.7. The Morgan fingerprint density at radius 3 is 2.63 bits per heavy atom. The van der Waals surface area contributed by atoms with Gasteiger partial charge in [-0.2, -0.15) is 22.0 Å². The van der Waals surface area contributed by atoms with E-state index < -0.39 is 19.3 Å². The van der Waals surface area contributed by atoms with E-state index in [1.165, 1.54) is 18.5 Å². The molecule has 2 aromatic rings. The van der Waals surface area contributed by atoms with Crippen LogP contribution in [0.3, 0.4) is 0 Å². The highest BCUT2D eigenvalue weighted by Crippen LogP contribution is 2.24. The number of benzene rings is 1. The molecule has 0 aliphatic heterocycles. The minimum Gasteiger partial charge on any atom is -0.484 e. The summed E-state index contributed by atoms with van der Waals surface area (Å²) in [7, 11) is 0. The van der Waals surface area contributed by atoms with Crippen molar-refractivity contribution in [3.8, 4) is 5.75 Å². The van der Waals surface area contributed by atoms with E-state index in [4.69, 9.17) is 4.74 Å². The van der Waals surface area contributed by atoms with Gasteiger partial charge in [0.1, 0.15) is 11.6 Å². The van der Waals surface area contributed by atoms with Crippen molar-refractivity contribution in [2.45, 2.75) is 39.7 Å². The van der Waals surface area contributed by atoms with Gasteiger partial charge in [0.2, 0.25) is 0 Å². The standard InChI is InChI=1S/C18H22F5N5O.HI/c1-3-24-17(27-10-15-25-6-7-28(15)16(19)20)26-9-13-5-4-12(2)8-14(13)29-11-18(21,22)23;/h4-8,16H,3,9-11H2,1-2H3,(H2,24,26,27);1H. The summed E-state index contributed by atoms with van der Waals surface area (Å²) in [6, 6.07) is 4.89. The highest BCUT2D eigenvalue weighted by atomic mass is 127. The fraction of sp³-hybridized carbons (Fsp3) is 0.444. The summed E-state index contributed by atoms with van der Waals surface area (Å²) >= 11 is 0. The maximum atomic E-state index is 12.9. The second-order valence-electron chi connectivity index (χ2n) is 6.09. The first-order valence-corrected chi connectivity index (χ1v) is 8.80. The summed E-state index contributed by atoms with van der Waals surface area (Å²) in [5, 5.41) is 5.82. The van der Waals surface area contributed by atoms with Crippen LogP contribution in [0, 0.1) is 6.92 Å². The summed E-state index contributed by atoms with van der Waals surface area (Å²) < 4.78 is 68.8. The normalized spacial score (nSPS) is 11.9. The zero-order valence-electron chi connectivity index (χ0n) is 16.3. The fourth-order valence-electron chi connectivity index (χ4n) is 2.41. The molecule has 1 heterocycles. The second kappa shape index (κ2) is 11.9. The van der Waals surface area contributed by atoms with Crippen LogP contribution in [0.1, 0.15) is 30.4 Å². The average molecular weight is 547 g/mol. The minimum absolute atomic E-state index is 0. The van der Waals surface area contributed by atoms with E-state index >= 15 is 0 Å². The SMILES string of the molecule is CCNC(=NCc1ccc(C)cc1OCC(F)(F)F)NCc1nccn1C(F)F.I. The summed E-state index contributed by atoms with van der Waals surface area (Å²) in [6.45, 7) is -0.0246. The molecule has 0 amide bonds. The number of nitrogens with zero attached hydrogens (tertiary/aromatic N) is 3. The van der Waals surface area contributed by atoms with Crippen molar-refractivity contribution >= 4 is 29.9 Å². The molecule has 0 spiro atoms. The molecule has 168 valence electrons. The number of hydrogen-bond donors (Lipinski definition) is 2. The summed E-state index contributed by atoms with van der Waals surface area (Å²) in [5.41, 5.74) is 1.21. The van der Waals surface area contributed by atoms with Gasteiger partial charge < -0.3 is 15.4 Å². The van der Waals surface area contributed by atoms with Gasteiger partial charge in [-0.3, -0.25) is 4.57 Å². The number of hydrogen-bond acceptors (Lipinski definition) is 3. The monoisotopic (exact) mass is 547 g/mol. The maximum absolute atomic E-state index is 12.9. The molecule has 1 aromatic heterocycles. The van der Waals surface area contributed by atoms with Crippen LogP contribution in [0.4, 0.5) is 22.0 Å². The van der Waals surface area contributed by atoms with Crippen LogP contribution in [0.2, 0.25) is 0 Å². The molecule has 0 aliphatic carbocycles. The molecule has 2 N–H and O–H groups in total. The fourth-order valence-corrected chi connectivity index (χ4v) is 2.41. The van der Waals surface area contributed by atoms with Crippen molar-refractivity contribution in [2.75, 3.05) is 13.2 Å². The highest BCUT2D eigenvalue weighted by Gasteiger charge is 2.28. The Morgan fingerprint density at radius 2 is 2.00 bits per heavy atom. The molecule has 12 heteroatoms. The van der Waals surface area contributed by atoms with E-state index in [0.717, 1.165) is 10.1 Å². The van der Waals surface area contributed by atoms with Gasteiger partial charge in [0.25, 0.3) is 0 Å². The lowest BCUT2D eigenvalue weighted by molar-refractivity contribution is -0.153. The molecule has 6 nitrogen and oxygen atoms in total. The lowest BCUT2D eigenvalue weighted by Gasteiger charge is -2.15. The first-order valence-electron chi connectivity index (χ1n) is 8.80. The molecule has 2 rings (SSSR count). The molecule has 30 heavy (non-hydrogen) atoms. The predicted molar refractivity (Wildman–Crippen MR) is 113 cm³/mol. The topological polar surface area (TPSA) is 63.5 Å². The zero-order chi connectivity index (χ0) is 21.4. The van der Waals surface area contributed by atoms with Crippen LogP contribution in [0.15, 0.2) is 35.6 Å². The van der Waals surface area contributed by atoms with Gasteiger partial charge in [-0.15, -0.1) is 24.0 Å². The average Bonchev–Trinajstić information content (AvgIpc) is 3.11. The number of aryl methyl sites for hydroxylation is 1. The lowest BCUT2D eigenvalue weighted by atomic mass is 10.1. The second-order valence-corrected chi connectivity index (χ2v) is 6.09. The number of rotatable bonds is 8. The van der Waals surface area contributed by atoms with Gasteiger partial charge in [-0.25, -0.2) is 9.98 Å². The Bertz CT molecular complexity index is 826. The maximum Gasteiger partial charge on any atom is 0.422 e. The Labute approximate surface area is 187 Å². The minimum atomic E-state index is -4.45. The lowest BCUT2D eigenvalue weighted by Crippen LogP contribution is -2.37. The number of nitrogens with one attached hydrogen (secondary N) is 2. The molecule has 1 aromatic carbocycles. The smallest absolute Gasteiger partial charge is 0.422 e. The van der Waals surface area contributed by atoms with Crippen molar-refractivity contribution in [1.29, 1.82) is 0 Å². The molecular formula is C18H23F5IN5O. The van der Waals surface area contributed by atoms with Crippen LogP contribution in [0.25, 0.3) is 0 Å². The van der Waals surface area contributed by atoms with Gasteiger partial charge in [-0.1, -0.05) is 12.1 Å². The number of alkyl halides is 5. The quantitative estimate of drug-likeness (QED) is 0.223. The number of halogens is 6. The molecule has 0 radical (unpaired) electrons. The molecule has 0 bridgehead atoms. The molecule has 0 saturated carbocycles. The third kappa shape index (κ3) is 8.32. The molecule has 0 aliphatic rings. The van der Waals surface area contributed by atoms with E-state index in [0.29, 0.717) is 18.1 Å². The van der Waals surface area contributed by atoms with Crippen molar-refractivity contribution in [1.82, 2.24) is 20.2 Å². The Morgan fingerprint density at radius 1 is 1.27 bits per heavy atom. The largest absolute Gasteiger partial charge is 0.484 e. The van der Waals surface area contributed by atoms with E-state index in [9.17, 15) is 22.0 Å². The van der Waals surface area contributed by atoms with Gasteiger partial charge in [0.15, 0.2) is 12.6 Å². The Balaban J connectivity index is 0.00000450. The van der Waals surface area contributed by atoms with E-state index in [-0.39, 0.29) is 48.6 Å². The van der Waals surface area contributed by atoms with E-state index in [1.807, 2.05) is 6.92 Å². The van der Waals surface area contributed by atoms with Crippen LogP contribution in [-0.2, 0) is 13.1 Å². The van der Waals surface area contributed by atoms with Crippen LogP contribution in [0.5, 0.6) is 5.75 Å². The predicted octanol–water partition coefficient (Wildman–Crippen LogP) is 4.40. The highest BCUT2D eigenvalue weighted by molar-refractivity contribution is 14.0. The number of imidazole rings is 1. The van der Waals surface area contributed by atoms with Crippen molar-refractivity contribution in [2.24, 2.45) is 4.99 Å². The van der Waals surface area contributed by atoms with E-state index in [1.54, 1.807) is 19.1 Å². The summed E-state index contributed by atoms with van der Waals surface area (Å²) in [5.74, 6) is 0.518. The van der Waals surface area contributed by atoms with Crippen LogP contribution in [-0.4, -0.2) is 34.8 Å². The van der Waals surface area contributed by atoms with Gasteiger partial charge in [-0.05, 0) is 25.5 Å². The summed E-state index contributed by atoms with van der Waals surface area (Å²) in [4.78, 5) is 8.17. The van der Waals surface area contributed by atoms with E-state index in [2.05, 4.69) is 20.6 Å². The molecule has 0 fully saturated rings. The third-order valence-electron chi connectivity index (χ3n) is 3.74. The molecular weight excluding hydrogens is 524 g/mol. The Kier molecular flexibility index (Phi) is 10.3. The van der Waals surface area contributed by atoms with Gasteiger partial charge in [0, 0.05) is 24.5 Å². The molecule has 0 atom stereocenters. The number of ether oxygens (including phenoxy) is 1. The van der Waals surface area contributed by atoms with Crippen LogP contribution < -0.4 is 15.4 Å². The van der Waals surface area contributed by atoms with Crippen molar-refractivity contribution in [3.63, 3.8) is 0 Å². The summed E-state index contributed by atoms with van der Waals surface area (Å²) in [6.07, 6.45) is -2.01. The van der Waals surface area contributed by atoms with Gasteiger partial charge >= 0.3 is 12.7 Å². The van der Waals surface area contributed by atoms with Crippen LogP contribution >= 0.6 is 24.0 Å². The molecule has 0 saturated heterocycles. The number of guanidine groups is 1.